The second-order valence-electron chi connectivity index (χ2n) is 5.47. The van der Waals surface area contributed by atoms with Gasteiger partial charge in [0.15, 0.2) is 0 Å². The normalized spacial score (nSPS) is 13.1. The minimum Gasteiger partial charge on any atom is -0.465 e. The maximum absolute atomic E-state index is 11.6. The fourth-order valence-electron chi connectivity index (χ4n) is 2.18. The number of hydrogen-bond acceptors (Lipinski definition) is 2. The zero-order valence-corrected chi connectivity index (χ0v) is 12.3. The van der Waals surface area contributed by atoms with Crippen molar-refractivity contribution < 1.29 is 9.90 Å². The van der Waals surface area contributed by atoms with Crippen LogP contribution in [0.25, 0.3) is 0 Å². The zero-order valence-electron chi connectivity index (χ0n) is 11.6. The van der Waals surface area contributed by atoms with Crippen LogP contribution < -0.4 is 5.73 Å². The average molecular weight is 285 g/mol. The summed E-state index contributed by atoms with van der Waals surface area (Å²) in [7, 11) is 0. The molecule has 0 aliphatic carbocycles. The van der Waals surface area contributed by atoms with Gasteiger partial charge in [0.2, 0.25) is 0 Å². The minimum absolute atomic E-state index is 0.264. The van der Waals surface area contributed by atoms with Crippen LogP contribution in [0.2, 0.25) is 5.02 Å². The molecule has 1 atom stereocenters. The van der Waals surface area contributed by atoms with Crippen LogP contribution in [0.4, 0.5) is 4.79 Å². The second kappa shape index (κ2) is 6.26. The summed E-state index contributed by atoms with van der Waals surface area (Å²) in [5.41, 5.74) is 6.05. The summed E-state index contributed by atoms with van der Waals surface area (Å²) in [6.45, 7) is 6.05. The zero-order chi connectivity index (χ0) is 14.6. The van der Waals surface area contributed by atoms with Crippen molar-refractivity contribution in [3.63, 3.8) is 0 Å². The lowest BCUT2D eigenvalue weighted by Crippen LogP contribution is -2.47. The summed E-state index contributed by atoms with van der Waals surface area (Å²) in [6, 6.07) is 6.97. The molecule has 106 valence electrons. The number of nitrogens with two attached hydrogens (primary N) is 1. The van der Waals surface area contributed by atoms with Crippen molar-refractivity contribution in [2.24, 2.45) is 5.73 Å². The van der Waals surface area contributed by atoms with Crippen molar-refractivity contribution in [1.29, 1.82) is 0 Å². The lowest BCUT2D eigenvalue weighted by atomic mass is 9.96. The first-order valence-electron chi connectivity index (χ1n) is 6.25. The van der Waals surface area contributed by atoms with Crippen LogP contribution in [0.15, 0.2) is 24.3 Å². The fourth-order valence-corrected chi connectivity index (χ4v) is 2.30. The molecule has 5 heteroatoms. The molecular weight excluding hydrogens is 264 g/mol. The van der Waals surface area contributed by atoms with Crippen molar-refractivity contribution in [1.82, 2.24) is 4.90 Å². The highest BCUT2D eigenvalue weighted by molar-refractivity contribution is 6.30. The van der Waals surface area contributed by atoms with E-state index in [-0.39, 0.29) is 6.04 Å². The van der Waals surface area contributed by atoms with E-state index in [0.717, 1.165) is 5.56 Å². The molecule has 1 aromatic rings. The van der Waals surface area contributed by atoms with E-state index < -0.39 is 11.6 Å². The minimum atomic E-state index is -0.944. The Morgan fingerprint density at radius 2 is 1.89 bits per heavy atom. The summed E-state index contributed by atoms with van der Waals surface area (Å²) in [4.78, 5) is 13.0. The van der Waals surface area contributed by atoms with E-state index in [4.69, 9.17) is 17.3 Å². The second-order valence-corrected chi connectivity index (χ2v) is 5.90. The van der Waals surface area contributed by atoms with Crippen molar-refractivity contribution in [2.75, 3.05) is 6.54 Å². The highest BCUT2D eigenvalue weighted by Crippen LogP contribution is 2.31. The third-order valence-electron chi connectivity index (χ3n) is 2.94. The molecule has 1 amide bonds. The molecule has 0 unspecified atom stereocenters. The SMILES string of the molecule is CC(C)(C)N(C(=O)O)[C@H](CCN)c1ccc(Cl)cc1. The van der Waals surface area contributed by atoms with E-state index in [0.29, 0.717) is 18.0 Å². The smallest absolute Gasteiger partial charge is 0.408 e. The summed E-state index contributed by atoms with van der Waals surface area (Å²) in [5.74, 6) is 0. The van der Waals surface area contributed by atoms with Gasteiger partial charge in [-0.25, -0.2) is 4.79 Å². The standard InChI is InChI=1S/C14H21ClN2O2/c1-14(2,3)17(13(18)19)12(8-9-16)10-4-6-11(15)7-5-10/h4-7,12H,8-9,16H2,1-3H3,(H,18,19)/t12-/m1/s1. The average Bonchev–Trinajstić information content (AvgIpc) is 2.27. The number of hydrogen-bond donors (Lipinski definition) is 2. The van der Waals surface area contributed by atoms with Gasteiger partial charge in [0.1, 0.15) is 0 Å². The molecule has 19 heavy (non-hydrogen) atoms. The van der Waals surface area contributed by atoms with Crippen molar-refractivity contribution in [2.45, 2.75) is 38.8 Å². The Labute approximate surface area is 119 Å². The lowest BCUT2D eigenvalue weighted by Gasteiger charge is -2.40. The topological polar surface area (TPSA) is 66.6 Å². The molecule has 0 fully saturated rings. The summed E-state index contributed by atoms with van der Waals surface area (Å²) in [6.07, 6.45) is -0.369. The molecule has 0 saturated heterocycles. The molecule has 4 nitrogen and oxygen atoms in total. The Morgan fingerprint density at radius 3 is 2.26 bits per heavy atom. The molecule has 0 aliphatic heterocycles. The molecule has 0 spiro atoms. The highest BCUT2D eigenvalue weighted by Gasteiger charge is 2.33. The molecule has 0 aromatic heterocycles. The largest absolute Gasteiger partial charge is 0.465 e. The van der Waals surface area contributed by atoms with Gasteiger partial charge in [-0.2, -0.15) is 0 Å². The molecule has 3 N–H and O–H groups in total. The van der Waals surface area contributed by atoms with Crippen LogP contribution in [0, 0.1) is 0 Å². The Bertz CT molecular complexity index is 426. The van der Waals surface area contributed by atoms with Gasteiger partial charge in [-0.3, -0.25) is 4.90 Å². The Balaban J connectivity index is 3.17. The van der Waals surface area contributed by atoms with E-state index in [1.807, 2.05) is 32.9 Å². The van der Waals surface area contributed by atoms with Gasteiger partial charge in [-0.15, -0.1) is 0 Å². The van der Waals surface area contributed by atoms with Crippen LogP contribution in [-0.2, 0) is 0 Å². The van der Waals surface area contributed by atoms with E-state index in [2.05, 4.69) is 0 Å². The molecule has 0 bridgehead atoms. The maximum atomic E-state index is 11.6. The maximum Gasteiger partial charge on any atom is 0.408 e. The van der Waals surface area contributed by atoms with Gasteiger partial charge in [-0.05, 0) is 51.4 Å². The van der Waals surface area contributed by atoms with E-state index >= 15 is 0 Å². The van der Waals surface area contributed by atoms with Gasteiger partial charge >= 0.3 is 6.09 Å². The predicted octanol–water partition coefficient (Wildman–Crippen LogP) is 3.51. The van der Waals surface area contributed by atoms with Crippen molar-refractivity contribution in [3.05, 3.63) is 34.9 Å². The van der Waals surface area contributed by atoms with Crippen LogP contribution in [0.1, 0.15) is 38.8 Å². The molecule has 1 rings (SSSR count). The summed E-state index contributed by atoms with van der Waals surface area (Å²) >= 11 is 5.87. The Kier molecular flexibility index (Phi) is 5.20. The van der Waals surface area contributed by atoms with Crippen molar-refractivity contribution in [3.8, 4) is 0 Å². The summed E-state index contributed by atoms with van der Waals surface area (Å²) in [5, 5.41) is 10.1. The molecule has 0 heterocycles. The number of halogens is 1. The summed E-state index contributed by atoms with van der Waals surface area (Å²) < 4.78 is 0. The Hall–Kier alpha value is -1.26. The van der Waals surface area contributed by atoms with Crippen LogP contribution in [0.3, 0.4) is 0 Å². The number of carboxylic acid groups (broad SMARTS) is 1. The number of nitrogens with zero attached hydrogens (tertiary/aromatic N) is 1. The molecular formula is C14H21ClN2O2. The first-order valence-corrected chi connectivity index (χ1v) is 6.63. The van der Waals surface area contributed by atoms with Gasteiger partial charge < -0.3 is 10.8 Å². The highest BCUT2D eigenvalue weighted by atomic mass is 35.5. The monoisotopic (exact) mass is 284 g/mol. The van der Waals surface area contributed by atoms with Crippen LogP contribution >= 0.6 is 11.6 Å². The Morgan fingerprint density at radius 1 is 1.37 bits per heavy atom. The lowest BCUT2D eigenvalue weighted by molar-refractivity contribution is 0.0675. The van der Waals surface area contributed by atoms with Gasteiger partial charge in [-0.1, -0.05) is 23.7 Å². The molecule has 0 radical (unpaired) electrons. The predicted molar refractivity (Wildman–Crippen MR) is 77.5 cm³/mol. The first-order chi connectivity index (χ1) is 8.77. The number of rotatable bonds is 4. The molecule has 0 aliphatic rings. The third-order valence-corrected chi connectivity index (χ3v) is 3.19. The quantitative estimate of drug-likeness (QED) is 0.889. The van der Waals surface area contributed by atoms with Crippen LogP contribution in [0.5, 0.6) is 0 Å². The fraction of sp³-hybridized carbons (Fsp3) is 0.500. The molecule has 0 saturated carbocycles. The van der Waals surface area contributed by atoms with Crippen molar-refractivity contribution >= 4 is 17.7 Å². The number of benzene rings is 1. The van der Waals surface area contributed by atoms with Gasteiger partial charge in [0.25, 0.3) is 0 Å². The van der Waals surface area contributed by atoms with E-state index in [1.54, 1.807) is 12.1 Å². The molecule has 1 aromatic carbocycles. The third kappa shape index (κ3) is 4.11. The van der Waals surface area contributed by atoms with Crippen LogP contribution in [-0.4, -0.2) is 28.2 Å². The van der Waals surface area contributed by atoms with Gasteiger partial charge in [0, 0.05) is 10.6 Å². The first kappa shape index (κ1) is 15.8. The van der Waals surface area contributed by atoms with E-state index in [9.17, 15) is 9.90 Å². The van der Waals surface area contributed by atoms with Gasteiger partial charge in [0.05, 0.1) is 6.04 Å². The number of amides is 1. The number of carbonyl (C=O) groups is 1. The van der Waals surface area contributed by atoms with E-state index in [1.165, 1.54) is 4.90 Å².